The first kappa shape index (κ1) is 33.4. The summed E-state index contributed by atoms with van der Waals surface area (Å²) in [7, 11) is 0. The Morgan fingerprint density at radius 3 is 1.19 bits per heavy atom. The van der Waals surface area contributed by atoms with Crippen LogP contribution >= 0.6 is 0 Å². The molecule has 0 aliphatic heterocycles. The van der Waals surface area contributed by atoms with Crippen LogP contribution in [0.1, 0.15) is 16.7 Å². The normalized spacial score (nSPS) is 10.9. The number of guanidine groups is 1. The number of anilines is 2. The minimum atomic E-state index is 0.651. The zero-order valence-electron chi connectivity index (χ0n) is 30.3. The standard InChI is InChI=1S/C50H41N3/c1-34-20-16-18-30-42(34)51-50(52-43-31-19-17-21-35(43)2)53-49-36(3)32-33-41-44(37-22-8-4-9-23-37)45(38-24-10-5-11-25-38)46(39-26-12-6-13-27-39)47(48(41)49)40-28-14-7-15-29-40/h4-33H,1-3H3,(H2,51,52,53). The van der Waals surface area contributed by atoms with Crippen molar-refractivity contribution in [3.8, 4) is 44.5 Å². The van der Waals surface area contributed by atoms with Crippen LogP contribution in [0.15, 0.2) is 187 Å². The van der Waals surface area contributed by atoms with E-state index in [1.165, 1.54) is 16.7 Å². The van der Waals surface area contributed by atoms with E-state index in [4.69, 9.17) is 4.99 Å². The molecule has 0 aliphatic rings. The fourth-order valence-corrected chi connectivity index (χ4v) is 7.28. The molecular formula is C50H41N3. The van der Waals surface area contributed by atoms with Gasteiger partial charge in [0.05, 0.1) is 5.69 Å². The predicted molar refractivity (Wildman–Crippen MR) is 227 cm³/mol. The molecule has 0 saturated carbocycles. The van der Waals surface area contributed by atoms with Crippen molar-refractivity contribution in [2.24, 2.45) is 4.99 Å². The molecule has 3 heteroatoms. The molecule has 0 fully saturated rings. The molecule has 0 aromatic heterocycles. The highest BCUT2D eigenvalue weighted by Crippen LogP contribution is 2.53. The first-order valence-electron chi connectivity index (χ1n) is 18.2. The average Bonchev–Trinajstić information content (AvgIpc) is 3.21. The Morgan fingerprint density at radius 1 is 0.358 bits per heavy atom. The minimum absolute atomic E-state index is 0.651. The molecule has 8 aromatic rings. The fourth-order valence-electron chi connectivity index (χ4n) is 7.28. The largest absolute Gasteiger partial charge is 0.326 e. The molecule has 0 saturated heterocycles. The zero-order chi connectivity index (χ0) is 36.1. The van der Waals surface area contributed by atoms with Gasteiger partial charge in [0.1, 0.15) is 0 Å². The van der Waals surface area contributed by atoms with Crippen LogP contribution in [0.4, 0.5) is 17.1 Å². The molecule has 8 rings (SSSR count). The Morgan fingerprint density at radius 2 is 0.736 bits per heavy atom. The Kier molecular flexibility index (Phi) is 9.38. The number of rotatable bonds is 7. The molecule has 0 bridgehead atoms. The Bertz CT molecular complexity index is 2510. The average molecular weight is 684 g/mol. The highest BCUT2D eigenvalue weighted by atomic mass is 15.2. The number of benzene rings is 8. The van der Waals surface area contributed by atoms with Crippen molar-refractivity contribution in [2.45, 2.75) is 20.8 Å². The first-order chi connectivity index (χ1) is 26.1. The van der Waals surface area contributed by atoms with Crippen LogP contribution in [0.25, 0.3) is 55.3 Å². The van der Waals surface area contributed by atoms with Gasteiger partial charge in [0, 0.05) is 22.3 Å². The number of aryl methyl sites for hydroxylation is 3. The van der Waals surface area contributed by atoms with E-state index in [0.717, 1.165) is 72.3 Å². The lowest BCUT2D eigenvalue weighted by atomic mass is 9.78. The van der Waals surface area contributed by atoms with Gasteiger partial charge < -0.3 is 10.6 Å². The smallest absolute Gasteiger partial charge is 0.205 e. The zero-order valence-corrected chi connectivity index (χ0v) is 30.3. The second-order valence-corrected chi connectivity index (χ2v) is 13.5. The summed E-state index contributed by atoms with van der Waals surface area (Å²) < 4.78 is 0. The van der Waals surface area contributed by atoms with E-state index in [-0.39, 0.29) is 0 Å². The van der Waals surface area contributed by atoms with E-state index in [1.54, 1.807) is 0 Å². The lowest BCUT2D eigenvalue weighted by Gasteiger charge is -2.26. The van der Waals surface area contributed by atoms with E-state index < -0.39 is 0 Å². The molecule has 0 atom stereocenters. The monoisotopic (exact) mass is 683 g/mol. The number of nitrogens with zero attached hydrogens (tertiary/aromatic N) is 1. The molecule has 0 amide bonds. The summed E-state index contributed by atoms with van der Waals surface area (Å²) in [5, 5.41) is 9.63. The van der Waals surface area contributed by atoms with Gasteiger partial charge >= 0.3 is 0 Å². The number of hydrogen-bond acceptors (Lipinski definition) is 1. The van der Waals surface area contributed by atoms with Crippen LogP contribution in [0.2, 0.25) is 0 Å². The van der Waals surface area contributed by atoms with Gasteiger partial charge in [-0.3, -0.25) is 0 Å². The molecule has 53 heavy (non-hydrogen) atoms. The lowest BCUT2D eigenvalue weighted by Crippen LogP contribution is -2.23. The summed E-state index contributed by atoms with van der Waals surface area (Å²) in [6.07, 6.45) is 0. The van der Waals surface area contributed by atoms with Crippen LogP contribution in [0.3, 0.4) is 0 Å². The summed E-state index contributed by atoms with van der Waals surface area (Å²) in [6, 6.07) is 64.5. The Balaban J connectivity index is 1.55. The van der Waals surface area contributed by atoms with Gasteiger partial charge in [0.25, 0.3) is 0 Å². The van der Waals surface area contributed by atoms with Gasteiger partial charge in [0.15, 0.2) is 0 Å². The third-order valence-corrected chi connectivity index (χ3v) is 9.92. The second kappa shape index (κ2) is 14.9. The van der Waals surface area contributed by atoms with Crippen molar-refractivity contribution >= 4 is 33.8 Å². The number of fused-ring (bicyclic) bond motifs is 1. The van der Waals surface area contributed by atoms with Crippen LogP contribution in [0.5, 0.6) is 0 Å². The maximum absolute atomic E-state index is 5.61. The summed E-state index contributed by atoms with van der Waals surface area (Å²) in [5.74, 6) is 0.651. The minimum Gasteiger partial charge on any atom is -0.326 e. The van der Waals surface area contributed by atoms with Gasteiger partial charge in [-0.05, 0) is 93.9 Å². The van der Waals surface area contributed by atoms with Crippen molar-refractivity contribution in [2.75, 3.05) is 10.6 Å². The molecular weight excluding hydrogens is 643 g/mol. The Hall–Kier alpha value is -6.71. The van der Waals surface area contributed by atoms with Crippen molar-refractivity contribution in [3.63, 3.8) is 0 Å². The third-order valence-electron chi connectivity index (χ3n) is 9.92. The highest BCUT2D eigenvalue weighted by Gasteiger charge is 2.26. The molecule has 2 N–H and O–H groups in total. The summed E-state index contributed by atoms with van der Waals surface area (Å²) in [5.41, 5.74) is 15.6. The van der Waals surface area contributed by atoms with Gasteiger partial charge in [-0.1, -0.05) is 170 Å². The van der Waals surface area contributed by atoms with E-state index in [0.29, 0.717) is 5.96 Å². The van der Waals surface area contributed by atoms with Gasteiger partial charge in [-0.2, -0.15) is 0 Å². The summed E-state index contributed by atoms with van der Waals surface area (Å²) in [4.78, 5) is 5.61. The second-order valence-electron chi connectivity index (χ2n) is 13.5. The van der Waals surface area contributed by atoms with Crippen molar-refractivity contribution in [1.82, 2.24) is 0 Å². The van der Waals surface area contributed by atoms with E-state index in [9.17, 15) is 0 Å². The molecule has 256 valence electrons. The number of aliphatic imine (C=N–C) groups is 1. The van der Waals surface area contributed by atoms with Gasteiger partial charge in [-0.25, -0.2) is 4.99 Å². The molecule has 0 aliphatic carbocycles. The van der Waals surface area contributed by atoms with Crippen LogP contribution < -0.4 is 10.6 Å². The number of nitrogens with one attached hydrogen (secondary N) is 2. The van der Waals surface area contributed by atoms with Gasteiger partial charge in [0.2, 0.25) is 5.96 Å². The molecule has 0 radical (unpaired) electrons. The summed E-state index contributed by atoms with van der Waals surface area (Å²) in [6.45, 7) is 6.41. The first-order valence-corrected chi connectivity index (χ1v) is 18.2. The SMILES string of the molecule is Cc1ccccc1NC(=Nc1c(C)ccc2c(-c3ccccc3)c(-c3ccccc3)c(-c3ccccc3)c(-c3ccccc3)c12)Nc1ccccc1C. The highest BCUT2D eigenvalue weighted by molar-refractivity contribution is 6.22. The van der Waals surface area contributed by atoms with Gasteiger partial charge in [-0.15, -0.1) is 0 Å². The predicted octanol–water partition coefficient (Wildman–Crippen LogP) is 13.6. The topological polar surface area (TPSA) is 36.4 Å². The number of para-hydroxylation sites is 2. The van der Waals surface area contributed by atoms with Crippen molar-refractivity contribution in [1.29, 1.82) is 0 Å². The van der Waals surface area contributed by atoms with E-state index >= 15 is 0 Å². The number of hydrogen-bond donors (Lipinski definition) is 2. The van der Waals surface area contributed by atoms with Crippen LogP contribution in [-0.4, -0.2) is 5.96 Å². The van der Waals surface area contributed by atoms with E-state index in [1.807, 2.05) is 0 Å². The molecule has 0 spiro atoms. The van der Waals surface area contributed by atoms with Crippen LogP contribution in [-0.2, 0) is 0 Å². The lowest BCUT2D eigenvalue weighted by molar-refractivity contribution is 1.38. The summed E-state index contributed by atoms with van der Waals surface area (Å²) >= 11 is 0. The molecule has 3 nitrogen and oxygen atoms in total. The maximum Gasteiger partial charge on any atom is 0.205 e. The van der Waals surface area contributed by atoms with Crippen molar-refractivity contribution < 1.29 is 0 Å². The Labute approximate surface area is 312 Å². The molecule has 8 aromatic carbocycles. The van der Waals surface area contributed by atoms with Crippen molar-refractivity contribution in [3.05, 3.63) is 199 Å². The third kappa shape index (κ3) is 6.73. The van der Waals surface area contributed by atoms with E-state index in [2.05, 4.69) is 213 Å². The maximum atomic E-state index is 5.61. The molecule has 0 heterocycles. The molecule has 0 unspecified atom stereocenters. The fraction of sp³-hybridized carbons (Fsp3) is 0.0600. The van der Waals surface area contributed by atoms with Crippen LogP contribution in [0, 0.1) is 20.8 Å². The quantitative estimate of drug-likeness (QED) is 0.130.